The Labute approximate surface area is 175 Å². The van der Waals surface area contributed by atoms with Crippen LogP contribution < -0.4 is 19.5 Å². The van der Waals surface area contributed by atoms with E-state index in [1.807, 2.05) is 24.3 Å². The van der Waals surface area contributed by atoms with E-state index in [1.165, 1.54) is 13.2 Å². The number of carbonyl (C=O) groups excluding carboxylic acids is 1. The van der Waals surface area contributed by atoms with E-state index >= 15 is 0 Å². The molecule has 1 aliphatic carbocycles. The van der Waals surface area contributed by atoms with Crippen molar-refractivity contribution in [3.8, 4) is 17.2 Å². The number of hydrogen-bond acceptors (Lipinski definition) is 4. The zero-order valence-electron chi connectivity index (χ0n) is 17.3. The lowest BCUT2D eigenvalue weighted by Gasteiger charge is -2.28. The highest BCUT2D eigenvalue weighted by atomic mass is 19.3. The summed E-state index contributed by atoms with van der Waals surface area (Å²) in [5.41, 5.74) is 1.18. The molecule has 7 heteroatoms. The Hall–Kier alpha value is -2.83. The Bertz CT molecular complexity index is 866. The number of halogens is 2. The van der Waals surface area contributed by atoms with E-state index < -0.39 is 12.0 Å². The van der Waals surface area contributed by atoms with Crippen LogP contribution in [0.15, 0.2) is 42.5 Å². The second-order valence-corrected chi connectivity index (χ2v) is 7.39. The molecule has 30 heavy (non-hydrogen) atoms. The summed E-state index contributed by atoms with van der Waals surface area (Å²) in [5.74, 6) is 0.952. The van der Waals surface area contributed by atoms with Crippen molar-refractivity contribution in [3.63, 3.8) is 0 Å². The lowest BCUT2D eigenvalue weighted by atomic mass is 9.78. The van der Waals surface area contributed by atoms with E-state index in [-0.39, 0.29) is 17.4 Å². The third-order valence-corrected chi connectivity index (χ3v) is 5.66. The summed E-state index contributed by atoms with van der Waals surface area (Å²) < 4.78 is 40.1. The summed E-state index contributed by atoms with van der Waals surface area (Å²) in [6.45, 7) is -2.54. The van der Waals surface area contributed by atoms with Crippen LogP contribution in [0.4, 0.5) is 8.78 Å². The summed E-state index contributed by atoms with van der Waals surface area (Å²) in [4.78, 5) is 13.2. The number of ether oxygens (including phenoxy) is 3. The van der Waals surface area contributed by atoms with Crippen molar-refractivity contribution in [2.45, 2.75) is 44.1 Å². The number of amides is 1. The number of nitrogens with one attached hydrogen (secondary N) is 1. The van der Waals surface area contributed by atoms with Gasteiger partial charge in [-0.1, -0.05) is 31.0 Å². The van der Waals surface area contributed by atoms with Crippen molar-refractivity contribution < 1.29 is 27.8 Å². The highest BCUT2D eigenvalue weighted by Gasteiger charge is 2.42. The summed E-state index contributed by atoms with van der Waals surface area (Å²) in [7, 11) is 3.01. The largest absolute Gasteiger partial charge is 0.497 e. The molecule has 1 N–H and O–H groups in total. The number of methoxy groups -OCH3 is 2. The fraction of sp³-hybridized carbons (Fsp3) is 0.435. The minimum atomic E-state index is -2.93. The van der Waals surface area contributed by atoms with E-state index in [2.05, 4.69) is 10.1 Å². The SMILES string of the molecule is COc1cccc(C2(C(=O)NCCc3ccc(OC)c(OC(F)F)c3)CCCC2)c1. The molecule has 1 aliphatic rings. The first-order valence-electron chi connectivity index (χ1n) is 10.0. The molecule has 0 atom stereocenters. The molecule has 0 unspecified atom stereocenters. The standard InChI is InChI=1S/C23H27F2NO4/c1-28-18-7-5-6-17(15-18)23(11-3-4-12-23)21(27)26-13-10-16-8-9-19(29-2)20(14-16)30-22(24)25/h5-9,14-15,22H,3-4,10-13H2,1-2H3,(H,26,27). The maximum Gasteiger partial charge on any atom is 0.387 e. The number of alkyl halides is 2. The van der Waals surface area contributed by atoms with E-state index in [1.54, 1.807) is 19.2 Å². The molecule has 0 saturated heterocycles. The zero-order chi connectivity index (χ0) is 21.6. The minimum Gasteiger partial charge on any atom is -0.497 e. The molecule has 2 aromatic carbocycles. The van der Waals surface area contributed by atoms with Crippen molar-refractivity contribution >= 4 is 5.91 Å². The molecule has 1 saturated carbocycles. The first-order valence-corrected chi connectivity index (χ1v) is 10.0. The van der Waals surface area contributed by atoms with Crippen LogP contribution >= 0.6 is 0 Å². The Morgan fingerprint density at radius 1 is 1.07 bits per heavy atom. The quantitative estimate of drug-likeness (QED) is 0.651. The molecule has 0 radical (unpaired) electrons. The van der Waals surface area contributed by atoms with Crippen molar-refractivity contribution in [2.24, 2.45) is 0 Å². The minimum absolute atomic E-state index is 0.00850. The molecule has 0 heterocycles. The van der Waals surface area contributed by atoms with E-state index in [0.717, 1.165) is 42.6 Å². The molecule has 2 aromatic rings. The topological polar surface area (TPSA) is 56.8 Å². The second kappa shape index (κ2) is 9.78. The number of benzene rings is 2. The van der Waals surface area contributed by atoms with Gasteiger partial charge >= 0.3 is 6.61 Å². The first kappa shape index (κ1) is 21.9. The number of hydrogen-bond donors (Lipinski definition) is 1. The molecule has 3 rings (SSSR count). The van der Waals surface area contributed by atoms with Gasteiger partial charge in [0.1, 0.15) is 5.75 Å². The smallest absolute Gasteiger partial charge is 0.387 e. The molecule has 0 bridgehead atoms. The van der Waals surface area contributed by atoms with E-state index in [0.29, 0.717) is 13.0 Å². The highest BCUT2D eigenvalue weighted by Crippen LogP contribution is 2.42. The molecule has 1 fully saturated rings. The summed E-state index contributed by atoms with van der Waals surface area (Å²) >= 11 is 0. The molecule has 0 aliphatic heterocycles. The Balaban J connectivity index is 1.68. The molecule has 5 nitrogen and oxygen atoms in total. The average Bonchev–Trinajstić information content (AvgIpc) is 3.25. The number of rotatable bonds is 9. The molecular weight excluding hydrogens is 392 g/mol. The summed E-state index contributed by atoms with van der Waals surface area (Å²) in [6.07, 6.45) is 4.07. The van der Waals surface area contributed by atoms with Crippen LogP contribution in [0.1, 0.15) is 36.8 Å². The molecule has 162 valence electrons. The fourth-order valence-electron chi connectivity index (χ4n) is 4.10. The Morgan fingerprint density at radius 3 is 2.50 bits per heavy atom. The van der Waals surface area contributed by atoms with Gasteiger partial charge in [-0.15, -0.1) is 0 Å². The van der Waals surface area contributed by atoms with E-state index in [9.17, 15) is 13.6 Å². The zero-order valence-corrected chi connectivity index (χ0v) is 17.3. The van der Waals surface area contributed by atoms with Crippen molar-refractivity contribution in [1.29, 1.82) is 0 Å². The van der Waals surface area contributed by atoms with Crippen LogP contribution in [0.2, 0.25) is 0 Å². The molecule has 0 aromatic heterocycles. The van der Waals surface area contributed by atoms with E-state index in [4.69, 9.17) is 9.47 Å². The van der Waals surface area contributed by atoms with Gasteiger partial charge in [0.15, 0.2) is 11.5 Å². The van der Waals surface area contributed by atoms with Crippen LogP contribution in [0.3, 0.4) is 0 Å². The average molecular weight is 419 g/mol. The van der Waals surface area contributed by atoms with Gasteiger partial charge in [0.05, 0.1) is 19.6 Å². The highest BCUT2D eigenvalue weighted by molar-refractivity contribution is 5.88. The lowest BCUT2D eigenvalue weighted by Crippen LogP contribution is -2.43. The van der Waals surface area contributed by atoms with Gasteiger partial charge in [0, 0.05) is 6.54 Å². The van der Waals surface area contributed by atoms with Gasteiger partial charge in [-0.25, -0.2) is 0 Å². The van der Waals surface area contributed by atoms with Crippen molar-refractivity contribution in [3.05, 3.63) is 53.6 Å². The maximum absolute atomic E-state index is 13.2. The van der Waals surface area contributed by atoms with Crippen molar-refractivity contribution in [2.75, 3.05) is 20.8 Å². The van der Waals surface area contributed by atoms with Crippen LogP contribution in [-0.2, 0) is 16.6 Å². The normalized spacial score (nSPS) is 15.1. The third kappa shape index (κ3) is 4.83. The van der Waals surface area contributed by atoms with Gasteiger partial charge in [-0.3, -0.25) is 4.79 Å². The van der Waals surface area contributed by atoms with Gasteiger partial charge in [0.2, 0.25) is 5.91 Å². The third-order valence-electron chi connectivity index (χ3n) is 5.66. The van der Waals surface area contributed by atoms with Crippen LogP contribution in [-0.4, -0.2) is 33.3 Å². The number of carbonyl (C=O) groups is 1. The monoisotopic (exact) mass is 419 g/mol. The molecule has 0 spiro atoms. The maximum atomic E-state index is 13.2. The fourth-order valence-corrected chi connectivity index (χ4v) is 4.10. The van der Waals surface area contributed by atoms with Gasteiger partial charge in [-0.05, 0) is 54.7 Å². The van der Waals surface area contributed by atoms with Crippen LogP contribution in [0, 0.1) is 0 Å². The molecular formula is C23H27F2NO4. The lowest BCUT2D eigenvalue weighted by molar-refractivity contribution is -0.126. The Kier molecular flexibility index (Phi) is 7.13. The van der Waals surface area contributed by atoms with Gasteiger partial charge < -0.3 is 19.5 Å². The summed E-state index contributed by atoms with van der Waals surface area (Å²) in [5, 5.41) is 3.04. The summed E-state index contributed by atoms with van der Waals surface area (Å²) in [6, 6.07) is 12.6. The first-order chi connectivity index (χ1) is 14.5. The Morgan fingerprint density at radius 2 is 1.83 bits per heavy atom. The van der Waals surface area contributed by atoms with Crippen LogP contribution in [0.25, 0.3) is 0 Å². The van der Waals surface area contributed by atoms with Gasteiger partial charge in [-0.2, -0.15) is 8.78 Å². The predicted octanol–water partition coefficient (Wildman–Crippen LogP) is 4.48. The predicted molar refractivity (Wildman–Crippen MR) is 109 cm³/mol. The van der Waals surface area contributed by atoms with Crippen molar-refractivity contribution in [1.82, 2.24) is 5.32 Å². The second-order valence-electron chi connectivity index (χ2n) is 7.39. The molecule has 1 amide bonds. The van der Waals surface area contributed by atoms with Crippen LogP contribution in [0.5, 0.6) is 17.2 Å². The van der Waals surface area contributed by atoms with Gasteiger partial charge in [0.25, 0.3) is 0 Å².